The van der Waals surface area contributed by atoms with Crippen molar-refractivity contribution in [3.8, 4) is 11.5 Å². The molecule has 114 valence electrons. The fourth-order valence-corrected chi connectivity index (χ4v) is 2.63. The van der Waals surface area contributed by atoms with Crippen LogP contribution >= 0.6 is 11.8 Å². The van der Waals surface area contributed by atoms with E-state index in [0.717, 1.165) is 0 Å². The van der Waals surface area contributed by atoms with E-state index in [1.165, 1.54) is 24.0 Å². The van der Waals surface area contributed by atoms with E-state index in [1.807, 2.05) is 0 Å². The van der Waals surface area contributed by atoms with E-state index in [-0.39, 0.29) is 18.3 Å². The quantitative estimate of drug-likeness (QED) is 0.657. The summed E-state index contributed by atoms with van der Waals surface area (Å²) in [5, 5.41) is 2.77. The van der Waals surface area contributed by atoms with E-state index >= 15 is 0 Å². The van der Waals surface area contributed by atoms with Gasteiger partial charge in [0.1, 0.15) is 0 Å². The second kappa shape index (κ2) is 6.10. The van der Waals surface area contributed by atoms with Crippen LogP contribution in [0, 0.1) is 0 Å². The zero-order chi connectivity index (χ0) is 15.5. The number of hydrogen-bond donors (Lipinski definition) is 2. The summed E-state index contributed by atoms with van der Waals surface area (Å²) in [5.74, 6) is 1.06. The molecule has 7 nitrogen and oxygen atoms in total. The maximum atomic E-state index is 12.2. The van der Waals surface area contributed by atoms with E-state index in [9.17, 15) is 9.59 Å². The molecular weight excluding hydrogens is 306 g/mol. The summed E-state index contributed by atoms with van der Waals surface area (Å²) in [5.41, 5.74) is 0.372. The number of thioether (sulfide) groups is 1. The van der Waals surface area contributed by atoms with Crippen molar-refractivity contribution in [2.45, 2.75) is 17.3 Å². The Labute approximate surface area is 130 Å². The van der Waals surface area contributed by atoms with Crippen molar-refractivity contribution in [2.75, 3.05) is 12.1 Å². The van der Waals surface area contributed by atoms with Gasteiger partial charge in [0.25, 0.3) is 5.56 Å². The number of carbonyl (C=O) groups is 1. The van der Waals surface area contributed by atoms with Crippen LogP contribution in [0.1, 0.15) is 6.92 Å². The number of benzene rings is 1. The number of ether oxygens (including phenoxy) is 2. The Morgan fingerprint density at radius 3 is 3.00 bits per heavy atom. The largest absolute Gasteiger partial charge is 0.454 e. The molecule has 1 aromatic carbocycles. The van der Waals surface area contributed by atoms with Crippen LogP contribution in [0.25, 0.3) is 0 Å². The van der Waals surface area contributed by atoms with Crippen LogP contribution in [-0.4, -0.2) is 27.9 Å². The summed E-state index contributed by atoms with van der Waals surface area (Å²) < 4.78 is 10.5. The lowest BCUT2D eigenvalue weighted by Crippen LogP contribution is -2.23. The molecule has 1 aliphatic rings. The fourth-order valence-electron chi connectivity index (χ4n) is 1.85. The van der Waals surface area contributed by atoms with Gasteiger partial charge >= 0.3 is 0 Å². The number of nitrogens with one attached hydrogen (secondary N) is 2. The Kier molecular flexibility index (Phi) is 4.01. The highest BCUT2D eigenvalue weighted by Crippen LogP contribution is 2.34. The monoisotopic (exact) mass is 319 g/mol. The van der Waals surface area contributed by atoms with Crippen LogP contribution in [0.5, 0.6) is 11.5 Å². The number of hydrogen-bond acceptors (Lipinski definition) is 6. The predicted molar refractivity (Wildman–Crippen MR) is 81.4 cm³/mol. The molecule has 0 saturated carbocycles. The molecule has 0 fully saturated rings. The number of nitrogens with zero attached hydrogens (tertiary/aromatic N) is 1. The molecule has 3 rings (SSSR count). The highest BCUT2D eigenvalue weighted by atomic mass is 32.2. The first-order valence-electron chi connectivity index (χ1n) is 6.54. The zero-order valence-electron chi connectivity index (χ0n) is 11.7. The standard InChI is InChI=1S/C14H13N3O4S/c1-8(22-14-15-5-4-12(18)17-14)13(19)16-9-2-3-10-11(6-9)21-7-20-10/h2-6,8H,7H2,1H3,(H,16,19)(H,15,17,18)/t8-/m1/s1. The number of aromatic amines is 1. The number of H-pyrrole nitrogens is 1. The molecule has 1 atom stereocenters. The molecule has 2 N–H and O–H groups in total. The third-order valence-electron chi connectivity index (χ3n) is 2.95. The van der Waals surface area contributed by atoms with Gasteiger partial charge in [-0.2, -0.15) is 0 Å². The number of amides is 1. The minimum atomic E-state index is -0.420. The summed E-state index contributed by atoms with van der Waals surface area (Å²) >= 11 is 1.18. The van der Waals surface area contributed by atoms with Crippen molar-refractivity contribution in [3.63, 3.8) is 0 Å². The highest BCUT2D eigenvalue weighted by Gasteiger charge is 2.18. The number of carbonyl (C=O) groups excluding carboxylic acids is 1. The number of rotatable bonds is 4. The molecule has 2 aromatic rings. The summed E-state index contributed by atoms with van der Waals surface area (Å²) in [6, 6.07) is 6.51. The third kappa shape index (κ3) is 3.22. The van der Waals surface area contributed by atoms with Gasteiger partial charge in [-0.3, -0.25) is 9.59 Å². The van der Waals surface area contributed by atoms with Crippen LogP contribution in [0.4, 0.5) is 5.69 Å². The van der Waals surface area contributed by atoms with Gasteiger partial charge in [-0.05, 0) is 19.1 Å². The average Bonchev–Trinajstić information content (AvgIpc) is 2.94. The van der Waals surface area contributed by atoms with Gasteiger partial charge in [-0.25, -0.2) is 4.98 Å². The van der Waals surface area contributed by atoms with Crippen LogP contribution in [-0.2, 0) is 4.79 Å². The van der Waals surface area contributed by atoms with Crippen LogP contribution in [0.2, 0.25) is 0 Å². The SMILES string of the molecule is C[C@@H](Sc1nccc(=O)[nH]1)C(=O)Nc1ccc2c(c1)OCO2. The first-order chi connectivity index (χ1) is 10.6. The first-order valence-corrected chi connectivity index (χ1v) is 7.42. The van der Waals surface area contributed by atoms with Gasteiger partial charge in [0.2, 0.25) is 12.7 Å². The number of fused-ring (bicyclic) bond motifs is 1. The Bertz CT molecular complexity index is 762. The van der Waals surface area contributed by atoms with Gasteiger partial charge in [0.15, 0.2) is 16.7 Å². The molecule has 0 unspecified atom stereocenters. The van der Waals surface area contributed by atoms with Crippen molar-refractivity contribution in [1.29, 1.82) is 0 Å². The molecule has 2 heterocycles. The van der Waals surface area contributed by atoms with E-state index in [0.29, 0.717) is 22.3 Å². The minimum absolute atomic E-state index is 0.187. The minimum Gasteiger partial charge on any atom is -0.454 e. The third-order valence-corrected chi connectivity index (χ3v) is 3.94. The highest BCUT2D eigenvalue weighted by molar-refractivity contribution is 8.00. The first kappa shape index (κ1) is 14.5. The molecular formula is C14H13N3O4S. The van der Waals surface area contributed by atoms with Crippen molar-refractivity contribution in [3.05, 3.63) is 40.8 Å². The van der Waals surface area contributed by atoms with Gasteiger partial charge in [-0.1, -0.05) is 11.8 Å². The van der Waals surface area contributed by atoms with Crippen molar-refractivity contribution < 1.29 is 14.3 Å². The number of aromatic nitrogens is 2. The van der Waals surface area contributed by atoms with E-state index < -0.39 is 5.25 Å². The molecule has 0 saturated heterocycles. The molecule has 0 radical (unpaired) electrons. The molecule has 22 heavy (non-hydrogen) atoms. The Hall–Kier alpha value is -2.48. The lowest BCUT2D eigenvalue weighted by molar-refractivity contribution is -0.115. The molecule has 8 heteroatoms. The molecule has 1 aromatic heterocycles. The Balaban J connectivity index is 1.65. The Morgan fingerprint density at radius 2 is 2.18 bits per heavy atom. The average molecular weight is 319 g/mol. The van der Waals surface area contributed by atoms with E-state index in [1.54, 1.807) is 25.1 Å². The van der Waals surface area contributed by atoms with Crippen molar-refractivity contribution in [2.24, 2.45) is 0 Å². The second-order valence-corrected chi connectivity index (χ2v) is 5.89. The predicted octanol–water partition coefficient (Wildman–Crippen LogP) is 1.62. The van der Waals surface area contributed by atoms with Crippen LogP contribution < -0.4 is 20.3 Å². The zero-order valence-corrected chi connectivity index (χ0v) is 12.5. The van der Waals surface area contributed by atoms with Crippen molar-refractivity contribution in [1.82, 2.24) is 9.97 Å². The van der Waals surface area contributed by atoms with Gasteiger partial charge < -0.3 is 19.8 Å². The smallest absolute Gasteiger partial charge is 0.251 e. The van der Waals surface area contributed by atoms with E-state index in [2.05, 4.69) is 15.3 Å². The summed E-state index contributed by atoms with van der Waals surface area (Å²) in [6.07, 6.45) is 1.41. The van der Waals surface area contributed by atoms with Gasteiger partial charge in [0, 0.05) is 24.0 Å². The molecule has 0 aliphatic carbocycles. The molecule has 1 aliphatic heterocycles. The second-order valence-electron chi connectivity index (χ2n) is 4.56. The van der Waals surface area contributed by atoms with Crippen LogP contribution in [0.15, 0.2) is 40.4 Å². The maximum absolute atomic E-state index is 12.2. The summed E-state index contributed by atoms with van der Waals surface area (Å²) in [6.45, 7) is 1.92. The molecule has 1 amide bonds. The Morgan fingerprint density at radius 1 is 1.36 bits per heavy atom. The summed E-state index contributed by atoms with van der Waals surface area (Å²) in [4.78, 5) is 30.0. The number of anilines is 1. The summed E-state index contributed by atoms with van der Waals surface area (Å²) in [7, 11) is 0. The molecule has 0 spiro atoms. The lowest BCUT2D eigenvalue weighted by Gasteiger charge is -2.11. The van der Waals surface area contributed by atoms with Crippen LogP contribution in [0.3, 0.4) is 0 Å². The van der Waals surface area contributed by atoms with Crippen molar-refractivity contribution >= 4 is 23.4 Å². The molecule has 0 bridgehead atoms. The van der Waals surface area contributed by atoms with E-state index in [4.69, 9.17) is 9.47 Å². The van der Waals surface area contributed by atoms with Gasteiger partial charge in [0.05, 0.1) is 5.25 Å². The van der Waals surface area contributed by atoms with Gasteiger partial charge in [-0.15, -0.1) is 0 Å². The fraction of sp³-hybridized carbons (Fsp3) is 0.214. The maximum Gasteiger partial charge on any atom is 0.251 e. The lowest BCUT2D eigenvalue weighted by atomic mass is 10.2. The topological polar surface area (TPSA) is 93.3 Å². The normalized spacial score (nSPS) is 13.7.